The van der Waals surface area contributed by atoms with Crippen molar-refractivity contribution >= 4 is 14.0 Å². The summed E-state index contributed by atoms with van der Waals surface area (Å²) in [7, 11) is -2.73. The summed E-state index contributed by atoms with van der Waals surface area (Å²) in [6, 6.07) is 9.37. The van der Waals surface area contributed by atoms with Crippen molar-refractivity contribution in [2.45, 2.75) is 31.3 Å². The largest absolute Gasteiger partial charge is 0.523 e. The van der Waals surface area contributed by atoms with Crippen molar-refractivity contribution in [1.29, 1.82) is 0 Å². The molecule has 5 heteroatoms. The van der Waals surface area contributed by atoms with Gasteiger partial charge in [-0.25, -0.2) is 4.79 Å². The Morgan fingerprint density at radius 1 is 1.35 bits per heavy atom. The molecule has 2 N–H and O–H groups in total. The van der Waals surface area contributed by atoms with Crippen LogP contribution in [0.4, 0.5) is 0 Å². The highest BCUT2D eigenvalue weighted by molar-refractivity contribution is 7.41. The predicted molar refractivity (Wildman–Crippen MR) is 65.2 cm³/mol. The average Bonchev–Trinajstić information content (AvgIpc) is 2.31. The first kappa shape index (κ1) is 13.8. The van der Waals surface area contributed by atoms with Crippen LogP contribution < -0.4 is 0 Å². The summed E-state index contributed by atoms with van der Waals surface area (Å²) >= 11 is 0. The molecule has 0 amide bonds. The molecular weight excluding hydrogens is 239 g/mol. The van der Waals surface area contributed by atoms with Gasteiger partial charge in [0.15, 0.2) is 0 Å². The molecule has 0 saturated heterocycles. The van der Waals surface area contributed by atoms with Crippen LogP contribution in [0.15, 0.2) is 30.3 Å². The van der Waals surface area contributed by atoms with E-state index in [2.05, 4.69) is 0 Å². The molecule has 2 atom stereocenters. The molecular formula is C12H16O4P+. The summed E-state index contributed by atoms with van der Waals surface area (Å²) in [5, 5.41) is 7.61. The van der Waals surface area contributed by atoms with E-state index in [4.69, 9.17) is 5.11 Å². The number of carboxylic acid groups (broad SMARTS) is 1. The minimum Gasteiger partial charge on any atom is -0.478 e. The van der Waals surface area contributed by atoms with Crippen LogP contribution in [0.2, 0.25) is 0 Å². The SMILES string of the molecule is CCC(CCc1ccccc1)(C(=O)O)[P+](=O)O. The maximum atomic E-state index is 11.3. The molecule has 1 rings (SSSR count). The molecule has 2 unspecified atom stereocenters. The smallest absolute Gasteiger partial charge is 0.478 e. The van der Waals surface area contributed by atoms with Crippen LogP contribution in [-0.4, -0.2) is 21.1 Å². The second-order valence-electron chi connectivity index (χ2n) is 3.95. The van der Waals surface area contributed by atoms with E-state index in [9.17, 15) is 14.3 Å². The second kappa shape index (κ2) is 5.89. The van der Waals surface area contributed by atoms with Crippen molar-refractivity contribution in [2.24, 2.45) is 0 Å². The predicted octanol–water partition coefficient (Wildman–Crippen LogP) is 2.59. The average molecular weight is 255 g/mol. The maximum absolute atomic E-state index is 11.3. The molecule has 0 bridgehead atoms. The zero-order valence-corrected chi connectivity index (χ0v) is 10.6. The molecule has 0 heterocycles. The van der Waals surface area contributed by atoms with Crippen molar-refractivity contribution in [3.63, 3.8) is 0 Å². The molecule has 0 fully saturated rings. The molecule has 0 spiro atoms. The number of carboxylic acids is 1. The summed E-state index contributed by atoms with van der Waals surface area (Å²) in [5.41, 5.74) is 0.975. The first-order valence-corrected chi connectivity index (χ1v) is 6.67. The fourth-order valence-corrected chi connectivity index (χ4v) is 2.48. The first-order valence-electron chi connectivity index (χ1n) is 5.46. The van der Waals surface area contributed by atoms with E-state index in [1.54, 1.807) is 6.92 Å². The normalized spacial score (nSPS) is 15.1. The number of aryl methyl sites for hydroxylation is 1. The van der Waals surface area contributed by atoms with Gasteiger partial charge in [-0.2, -0.15) is 4.89 Å². The van der Waals surface area contributed by atoms with Crippen LogP contribution in [0, 0.1) is 0 Å². The van der Waals surface area contributed by atoms with Gasteiger partial charge in [0.1, 0.15) is 0 Å². The number of carbonyl (C=O) groups is 1. The lowest BCUT2D eigenvalue weighted by molar-refractivity contribution is -0.140. The number of benzene rings is 1. The summed E-state index contributed by atoms with van der Waals surface area (Å²) in [6.07, 6.45) is 0.817. The Balaban J connectivity index is 2.82. The Hall–Kier alpha value is -1.25. The fraction of sp³-hybridized carbons (Fsp3) is 0.417. The lowest BCUT2D eigenvalue weighted by atomic mass is 9.96. The second-order valence-corrected chi connectivity index (χ2v) is 5.35. The van der Waals surface area contributed by atoms with Crippen molar-refractivity contribution in [3.05, 3.63) is 35.9 Å². The van der Waals surface area contributed by atoms with Crippen LogP contribution in [0.25, 0.3) is 0 Å². The zero-order chi connectivity index (χ0) is 12.9. The van der Waals surface area contributed by atoms with Gasteiger partial charge in [-0.3, -0.25) is 0 Å². The van der Waals surface area contributed by atoms with E-state index in [1.165, 1.54) is 0 Å². The number of hydrogen-bond acceptors (Lipinski definition) is 2. The number of hydrogen-bond donors (Lipinski definition) is 2. The van der Waals surface area contributed by atoms with Gasteiger partial charge in [-0.05, 0) is 16.5 Å². The highest BCUT2D eigenvalue weighted by Crippen LogP contribution is 2.42. The molecule has 1 aromatic carbocycles. The van der Waals surface area contributed by atoms with E-state index in [0.717, 1.165) is 5.56 Å². The quantitative estimate of drug-likeness (QED) is 0.766. The molecule has 17 heavy (non-hydrogen) atoms. The molecule has 92 valence electrons. The molecule has 1 aromatic rings. The third-order valence-electron chi connectivity index (χ3n) is 3.02. The fourth-order valence-electron chi connectivity index (χ4n) is 1.74. The van der Waals surface area contributed by atoms with Crippen LogP contribution in [0.3, 0.4) is 0 Å². The lowest BCUT2D eigenvalue weighted by Crippen LogP contribution is -2.34. The molecule has 0 aliphatic heterocycles. The van der Waals surface area contributed by atoms with Gasteiger partial charge in [-0.1, -0.05) is 37.3 Å². The monoisotopic (exact) mass is 255 g/mol. The molecule has 0 radical (unpaired) electrons. The van der Waals surface area contributed by atoms with E-state index in [-0.39, 0.29) is 12.8 Å². The van der Waals surface area contributed by atoms with E-state index in [0.29, 0.717) is 6.42 Å². The van der Waals surface area contributed by atoms with Gasteiger partial charge in [0.05, 0.1) is 0 Å². The third-order valence-corrected chi connectivity index (χ3v) is 4.48. The van der Waals surface area contributed by atoms with Crippen molar-refractivity contribution < 1.29 is 19.4 Å². The summed E-state index contributed by atoms with van der Waals surface area (Å²) in [5.74, 6) is -1.19. The summed E-state index contributed by atoms with van der Waals surface area (Å²) in [6.45, 7) is 1.63. The molecule has 4 nitrogen and oxygen atoms in total. The van der Waals surface area contributed by atoms with Crippen molar-refractivity contribution in [3.8, 4) is 0 Å². The number of aliphatic carboxylic acids is 1. The third kappa shape index (κ3) is 3.11. The Kier molecular flexibility index (Phi) is 4.79. The lowest BCUT2D eigenvalue weighted by Gasteiger charge is -2.14. The molecule has 0 aromatic heterocycles. The van der Waals surface area contributed by atoms with Gasteiger partial charge in [0.25, 0.3) is 5.16 Å². The van der Waals surface area contributed by atoms with Crippen LogP contribution in [0.5, 0.6) is 0 Å². The topological polar surface area (TPSA) is 74.6 Å². The van der Waals surface area contributed by atoms with E-state index in [1.807, 2.05) is 30.3 Å². The van der Waals surface area contributed by atoms with Gasteiger partial charge in [-0.15, -0.1) is 0 Å². The molecule has 0 aliphatic carbocycles. The van der Waals surface area contributed by atoms with Gasteiger partial charge in [0, 0.05) is 12.8 Å². The maximum Gasteiger partial charge on any atom is 0.523 e. The Morgan fingerprint density at radius 2 is 1.94 bits per heavy atom. The van der Waals surface area contributed by atoms with E-state index >= 15 is 0 Å². The van der Waals surface area contributed by atoms with Crippen LogP contribution >= 0.6 is 8.03 Å². The van der Waals surface area contributed by atoms with Gasteiger partial charge in [0.2, 0.25) is 0 Å². The van der Waals surface area contributed by atoms with Gasteiger partial charge >= 0.3 is 14.0 Å². The summed E-state index contributed by atoms with van der Waals surface area (Å²) < 4.78 is 11.3. The van der Waals surface area contributed by atoms with Gasteiger partial charge < -0.3 is 5.11 Å². The Bertz CT molecular complexity index is 388. The zero-order valence-electron chi connectivity index (χ0n) is 9.67. The van der Waals surface area contributed by atoms with Crippen LogP contribution in [0.1, 0.15) is 25.3 Å². The van der Waals surface area contributed by atoms with Crippen molar-refractivity contribution in [1.82, 2.24) is 0 Å². The number of rotatable bonds is 6. The molecule has 0 aliphatic rings. The van der Waals surface area contributed by atoms with E-state index < -0.39 is 19.2 Å². The molecule has 0 saturated carbocycles. The Labute approximate surface area is 101 Å². The minimum atomic E-state index is -2.73. The minimum absolute atomic E-state index is 0.154. The highest BCUT2D eigenvalue weighted by Gasteiger charge is 2.54. The first-order chi connectivity index (χ1) is 8.03. The van der Waals surface area contributed by atoms with Crippen molar-refractivity contribution in [2.75, 3.05) is 0 Å². The highest BCUT2D eigenvalue weighted by atomic mass is 31.1. The standard InChI is InChI=1S/C12H15O4P/c1-2-12(11(13)14,17(15)16)9-8-10-6-4-3-5-7-10/h3-7H,2,8-9H2,1H3,(H-,13,14,15,16)/p+1. The Morgan fingerprint density at radius 3 is 2.35 bits per heavy atom. The van der Waals surface area contributed by atoms with Crippen LogP contribution in [-0.2, 0) is 15.8 Å². The summed E-state index contributed by atoms with van der Waals surface area (Å²) in [4.78, 5) is 20.4.